The number of ether oxygens (including phenoxy) is 1. The molecular weight excluding hydrogens is 434 g/mol. The summed E-state index contributed by atoms with van der Waals surface area (Å²) in [6.45, 7) is 8.49. The molecule has 1 saturated heterocycles. The van der Waals surface area contributed by atoms with Crippen LogP contribution in [0.15, 0.2) is 54.0 Å². The number of morpholine rings is 1. The first-order valence-corrected chi connectivity index (χ1v) is 12.1. The van der Waals surface area contributed by atoms with Crippen LogP contribution in [0.1, 0.15) is 35.8 Å². The van der Waals surface area contributed by atoms with Gasteiger partial charge >= 0.3 is 0 Å². The van der Waals surface area contributed by atoms with Crippen molar-refractivity contribution in [2.24, 2.45) is 0 Å². The van der Waals surface area contributed by atoms with Gasteiger partial charge < -0.3 is 10.1 Å². The molecule has 0 saturated carbocycles. The lowest BCUT2D eigenvalue weighted by Crippen LogP contribution is -2.35. The van der Waals surface area contributed by atoms with Gasteiger partial charge in [-0.05, 0) is 49.1 Å². The highest BCUT2D eigenvalue weighted by Crippen LogP contribution is 2.29. The second kappa shape index (κ2) is 9.43. The quantitative estimate of drug-likeness (QED) is 0.445. The second-order valence-corrected chi connectivity index (χ2v) is 9.44. The van der Waals surface area contributed by atoms with Crippen molar-refractivity contribution in [2.75, 3.05) is 31.6 Å². The van der Waals surface area contributed by atoms with Crippen molar-refractivity contribution in [3.8, 4) is 10.6 Å². The van der Waals surface area contributed by atoms with Gasteiger partial charge in [-0.2, -0.15) is 5.10 Å². The van der Waals surface area contributed by atoms with E-state index in [1.165, 1.54) is 5.56 Å². The molecule has 0 radical (unpaired) electrons. The van der Waals surface area contributed by atoms with Crippen LogP contribution in [0, 0.1) is 0 Å². The molecular formula is C25H27N5O2S. The van der Waals surface area contributed by atoms with E-state index in [-0.39, 0.29) is 11.9 Å². The minimum Gasteiger partial charge on any atom is -0.379 e. The number of anilines is 1. The molecule has 1 aliphatic rings. The Hall–Kier alpha value is -3.07. The van der Waals surface area contributed by atoms with Crippen molar-refractivity contribution in [1.29, 1.82) is 0 Å². The number of hydrogen-bond donors (Lipinski definition) is 1. The lowest BCUT2D eigenvalue weighted by atomic mass is 10.1. The molecule has 4 heterocycles. The van der Waals surface area contributed by atoms with Crippen molar-refractivity contribution in [3.63, 3.8) is 0 Å². The molecule has 0 unspecified atom stereocenters. The van der Waals surface area contributed by atoms with Crippen molar-refractivity contribution in [3.05, 3.63) is 65.2 Å². The number of amides is 1. The monoisotopic (exact) mass is 461 g/mol. The molecule has 1 fully saturated rings. The molecule has 0 atom stereocenters. The SMILES string of the molecule is CC(C)n1ncc2c(C(=O)Nc3ccc(CN4CCOCC4)cc3)cc(-c3cccs3)nc21. The third-order valence-corrected chi connectivity index (χ3v) is 6.69. The van der Waals surface area contributed by atoms with Gasteiger partial charge in [0, 0.05) is 31.4 Å². The van der Waals surface area contributed by atoms with Crippen LogP contribution < -0.4 is 5.32 Å². The summed E-state index contributed by atoms with van der Waals surface area (Å²) in [6.07, 6.45) is 1.74. The zero-order valence-electron chi connectivity index (χ0n) is 18.8. The Labute approximate surface area is 197 Å². The molecule has 1 aliphatic heterocycles. The smallest absolute Gasteiger partial charge is 0.256 e. The number of thiophene rings is 1. The van der Waals surface area contributed by atoms with E-state index in [4.69, 9.17) is 9.72 Å². The Morgan fingerprint density at radius 3 is 2.67 bits per heavy atom. The van der Waals surface area contributed by atoms with Crippen molar-refractivity contribution in [2.45, 2.75) is 26.4 Å². The highest BCUT2D eigenvalue weighted by atomic mass is 32.1. The zero-order chi connectivity index (χ0) is 22.8. The molecule has 5 rings (SSSR count). The molecule has 33 heavy (non-hydrogen) atoms. The van der Waals surface area contributed by atoms with Gasteiger partial charge in [0.15, 0.2) is 5.65 Å². The largest absolute Gasteiger partial charge is 0.379 e. The summed E-state index contributed by atoms with van der Waals surface area (Å²) in [5.74, 6) is -0.163. The third-order valence-electron chi connectivity index (χ3n) is 5.80. The predicted octanol–water partition coefficient (Wildman–Crippen LogP) is 4.83. The average Bonchev–Trinajstić information content (AvgIpc) is 3.50. The second-order valence-electron chi connectivity index (χ2n) is 8.49. The first-order chi connectivity index (χ1) is 16.1. The van der Waals surface area contributed by atoms with Gasteiger partial charge in [-0.25, -0.2) is 9.67 Å². The molecule has 0 aliphatic carbocycles. The number of carbonyl (C=O) groups is 1. The summed E-state index contributed by atoms with van der Waals surface area (Å²) in [6, 6.07) is 14.1. The fourth-order valence-electron chi connectivity index (χ4n) is 4.04. The van der Waals surface area contributed by atoms with Gasteiger partial charge in [0.2, 0.25) is 0 Å². The summed E-state index contributed by atoms with van der Waals surface area (Å²) < 4.78 is 7.29. The van der Waals surface area contributed by atoms with Gasteiger partial charge in [-0.15, -0.1) is 11.3 Å². The number of nitrogens with zero attached hydrogens (tertiary/aromatic N) is 4. The number of aromatic nitrogens is 3. The maximum atomic E-state index is 13.3. The zero-order valence-corrected chi connectivity index (χ0v) is 19.6. The Morgan fingerprint density at radius 1 is 1.18 bits per heavy atom. The van der Waals surface area contributed by atoms with E-state index in [2.05, 4.69) is 41.3 Å². The molecule has 0 spiro atoms. The van der Waals surface area contributed by atoms with Crippen LogP contribution in [0.5, 0.6) is 0 Å². The summed E-state index contributed by atoms with van der Waals surface area (Å²) in [7, 11) is 0. The van der Waals surface area contributed by atoms with E-state index in [0.717, 1.165) is 60.1 Å². The lowest BCUT2D eigenvalue weighted by Gasteiger charge is -2.26. The molecule has 170 valence electrons. The van der Waals surface area contributed by atoms with Gasteiger partial charge in [0.1, 0.15) is 0 Å². The molecule has 1 N–H and O–H groups in total. The molecule has 0 bridgehead atoms. The Balaban J connectivity index is 1.41. The van der Waals surface area contributed by atoms with Gasteiger partial charge in [-0.1, -0.05) is 18.2 Å². The number of rotatable bonds is 6. The third kappa shape index (κ3) is 4.68. The Morgan fingerprint density at radius 2 is 1.97 bits per heavy atom. The van der Waals surface area contributed by atoms with Crippen LogP contribution >= 0.6 is 11.3 Å². The van der Waals surface area contributed by atoms with Crippen molar-refractivity contribution >= 4 is 34.0 Å². The van der Waals surface area contributed by atoms with Gasteiger partial charge in [0.05, 0.1) is 40.9 Å². The summed E-state index contributed by atoms with van der Waals surface area (Å²) in [4.78, 5) is 21.6. The van der Waals surface area contributed by atoms with Crippen LogP contribution in [0.4, 0.5) is 5.69 Å². The average molecular weight is 462 g/mol. The predicted molar refractivity (Wildman–Crippen MR) is 132 cm³/mol. The Kier molecular flexibility index (Phi) is 6.22. The van der Waals surface area contributed by atoms with Crippen LogP contribution in [0.3, 0.4) is 0 Å². The topological polar surface area (TPSA) is 72.3 Å². The minimum absolute atomic E-state index is 0.142. The number of fused-ring (bicyclic) bond motifs is 1. The Bertz CT molecular complexity index is 1240. The van der Waals surface area contributed by atoms with Gasteiger partial charge in [0.25, 0.3) is 5.91 Å². The fourth-order valence-corrected chi connectivity index (χ4v) is 4.73. The van der Waals surface area contributed by atoms with Crippen LogP contribution in [-0.4, -0.2) is 51.9 Å². The minimum atomic E-state index is -0.163. The highest BCUT2D eigenvalue weighted by molar-refractivity contribution is 7.13. The number of nitrogens with one attached hydrogen (secondary N) is 1. The van der Waals surface area contributed by atoms with E-state index in [1.807, 2.05) is 40.4 Å². The number of hydrogen-bond acceptors (Lipinski definition) is 6. The molecule has 3 aromatic heterocycles. The maximum Gasteiger partial charge on any atom is 0.256 e. The molecule has 4 aromatic rings. The van der Waals surface area contributed by atoms with Crippen LogP contribution in [0.2, 0.25) is 0 Å². The molecule has 7 nitrogen and oxygen atoms in total. The van der Waals surface area contributed by atoms with E-state index in [9.17, 15) is 4.79 Å². The van der Waals surface area contributed by atoms with E-state index < -0.39 is 0 Å². The number of carbonyl (C=O) groups excluding carboxylic acids is 1. The summed E-state index contributed by atoms with van der Waals surface area (Å²) >= 11 is 1.61. The van der Waals surface area contributed by atoms with E-state index >= 15 is 0 Å². The molecule has 1 aromatic carbocycles. The number of benzene rings is 1. The lowest BCUT2D eigenvalue weighted by molar-refractivity contribution is 0.0342. The van der Waals surface area contributed by atoms with Gasteiger partial charge in [-0.3, -0.25) is 9.69 Å². The normalized spacial score (nSPS) is 14.8. The molecule has 8 heteroatoms. The standard InChI is InChI=1S/C25H27N5O2S/c1-17(2)30-24-21(15-26-30)20(14-22(28-24)23-4-3-13-33-23)25(31)27-19-7-5-18(6-8-19)16-29-9-11-32-12-10-29/h3-8,13-15,17H,9-12,16H2,1-2H3,(H,27,31). The molecule has 1 amide bonds. The first-order valence-electron chi connectivity index (χ1n) is 11.2. The van der Waals surface area contributed by atoms with Crippen LogP contribution in [0.25, 0.3) is 21.6 Å². The summed E-state index contributed by atoms with van der Waals surface area (Å²) in [5, 5.41) is 10.3. The van der Waals surface area contributed by atoms with Crippen LogP contribution in [-0.2, 0) is 11.3 Å². The highest BCUT2D eigenvalue weighted by Gasteiger charge is 2.19. The van der Waals surface area contributed by atoms with E-state index in [0.29, 0.717) is 5.56 Å². The fraction of sp³-hybridized carbons (Fsp3) is 0.320. The summed E-state index contributed by atoms with van der Waals surface area (Å²) in [5.41, 5.74) is 4.07. The first kappa shape index (κ1) is 21.8. The van der Waals surface area contributed by atoms with Crippen molar-refractivity contribution in [1.82, 2.24) is 19.7 Å². The van der Waals surface area contributed by atoms with E-state index in [1.54, 1.807) is 17.5 Å². The number of pyridine rings is 1. The maximum absolute atomic E-state index is 13.3. The van der Waals surface area contributed by atoms with Crippen molar-refractivity contribution < 1.29 is 9.53 Å².